The second-order valence-electron chi connectivity index (χ2n) is 3.06. The molecule has 0 amide bonds. The van der Waals surface area contributed by atoms with Crippen LogP contribution >= 0.6 is 11.6 Å². The zero-order chi connectivity index (χ0) is 13.7. The van der Waals surface area contributed by atoms with Gasteiger partial charge in [0.15, 0.2) is 23.5 Å². The number of hydrogen-bond donors (Lipinski definition) is 1. The van der Waals surface area contributed by atoms with Gasteiger partial charge in [0.1, 0.15) is 0 Å². The van der Waals surface area contributed by atoms with Crippen molar-refractivity contribution in [3.8, 4) is 24.3 Å². The zero-order valence-corrected chi connectivity index (χ0v) is 9.57. The number of hydrazine groups is 1. The minimum Gasteiger partial charge on any atom is -0.257 e. The molecule has 0 saturated carbocycles. The van der Waals surface area contributed by atoms with Crippen LogP contribution in [-0.4, -0.2) is 22.3 Å². The van der Waals surface area contributed by atoms with Gasteiger partial charge in [-0.1, -0.05) is 11.6 Å². The van der Waals surface area contributed by atoms with Crippen LogP contribution in [0.5, 0.6) is 0 Å². The highest BCUT2D eigenvalue weighted by atomic mass is 35.5. The van der Waals surface area contributed by atoms with E-state index in [2.05, 4.69) is 9.98 Å². The number of aliphatic imine (C=N–C) groups is 2. The van der Waals surface area contributed by atoms with Crippen LogP contribution in [0.25, 0.3) is 0 Å². The lowest BCUT2D eigenvalue weighted by Crippen LogP contribution is -2.48. The Morgan fingerprint density at radius 3 is 2.06 bits per heavy atom. The van der Waals surface area contributed by atoms with E-state index in [1.807, 2.05) is 0 Å². The molecule has 88 valence electrons. The molecule has 0 spiro atoms. The quantitative estimate of drug-likeness (QED) is 0.413. The maximum Gasteiger partial charge on any atom is 0.213 e. The first kappa shape index (κ1) is 13.4. The fourth-order valence-corrected chi connectivity index (χ4v) is 1.33. The van der Waals surface area contributed by atoms with Crippen LogP contribution in [0.1, 0.15) is 0 Å². The molecule has 0 aliphatic carbocycles. The van der Waals surface area contributed by atoms with E-state index < -0.39 is 17.5 Å². The van der Waals surface area contributed by atoms with Crippen molar-refractivity contribution in [3.63, 3.8) is 0 Å². The summed E-state index contributed by atoms with van der Waals surface area (Å²) < 4.78 is 0. The predicted octanol–water partition coefficient (Wildman–Crippen LogP) is -0.178. The molecule has 2 N–H and O–H groups in total. The van der Waals surface area contributed by atoms with Crippen molar-refractivity contribution < 1.29 is 0 Å². The van der Waals surface area contributed by atoms with E-state index in [0.717, 1.165) is 5.01 Å². The van der Waals surface area contributed by atoms with Gasteiger partial charge >= 0.3 is 0 Å². The molecule has 8 nitrogen and oxygen atoms in total. The van der Waals surface area contributed by atoms with E-state index in [9.17, 15) is 0 Å². The minimum atomic E-state index is -1.25. The summed E-state index contributed by atoms with van der Waals surface area (Å²) in [6, 6.07) is 6.69. The van der Waals surface area contributed by atoms with Gasteiger partial charge in [0.2, 0.25) is 5.62 Å². The third-order valence-corrected chi connectivity index (χ3v) is 2.30. The molecule has 1 unspecified atom stereocenters. The fraction of sp³-hybridized carbons (Fsp3) is 0.333. The third kappa shape index (κ3) is 2.36. The summed E-state index contributed by atoms with van der Waals surface area (Å²) >= 11 is 5.77. The lowest BCUT2D eigenvalue weighted by atomic mass is 10.1. The second kappa shape index (κ2) is 5.61. The summed E-state index contributed by atoms with van der Waals surface area (Å²) in [5.41, 5.74) is -1.12. The summed E-state index contributed by atoms with van der Waals surface area (Å²) in [5.74, 6) is 2.74. The van der Waals surface area contributed by atoms with Crippen LogP contribution in [0.15, 0.2) is 9.98 Å². The summed E-state index contributed by atoms with van der Waals surface area (Å²) in [6.07, 6.45) is 0. The molecule has 0 fully saturated rings. The summed E-state index contributed by atoms with van der Waals surface area (Å²) in [6.45, 7) is 0. The first-order valence-corrected chi connectivity index (χ1v) is 4.95. The SMILES string of the molecule is N#CC(C#N)C1=NC(Cl)N(N)C(C(C#N)C#N)=N1. The van der Waals surface area contributed by atoms with Gasteiger partial charge in [-0.25, -0.2) is 15.8 Å². The molecular weight excluding hydrogens is 256 g/mol. The molecule has 1 atom stereocenters. The Balaban J connectivity index is 3.24. The van der Waals surface area contributed by atoms with E-state index in [1.54, 1.807) is 24.3 Å². The molecule has 1 heterocycles. The fourth-order valence-electron chi connectivity index (χ4n) is 1.13. The number of hydrogen-bond acceptors (Lipinski definition) is 8. The number of alkyl halides is 1. The Morgan fingerprint density at radius 2 is 1.61 bits per heavy atom. The van der Waals surface area contributed by atoms with Crippen molar-refractivity contribution in [3.05, 3.63) is 0 Å². The molecule has 1 aliphatic heterocycles. The Morgan fingerprint density at radius 1 is 1.11 bits per heavy atom. The Hall–Kier alpha value is -2.65. The molecule has 9 heteroatoms. The molecule has 0 aromatic rings. The molecular formula is C9H5ClN8. The van der Waals surface area contributed by atoms with Gasteiger partial charge in [0.05, 0.1) is 24.3 Å². The molecule has 18 heavy (non-hydrogen) atoms. The van der Waals surface area contributed by atoms with Crippen molar-refractivity contribution in [2.45, 2.75) is 5.62 Å². The third-order valence-electron chi connectivity index (χ3n) is 1.99. The Labute approximate surface area is 107 Å². The van der Waals surface area contributed by atoms with Crippen LogP contribution < -0.4 is 5.84 Å². The maximum absolute atomic E-state index is 8.77. The first-order chi connectivity index (χ1) is 8.58. The monoisotopic (exact) mass is 260 g/mol. The molecule has 1 rings (SSSR count). The van der Waals surface area contributed by atoms with Crippen molar-refractivity contribution in [2.24, 2.45) is 27.7 Å². The molecule has 1 aliphatic rings. The minimum absolute atomic E-state index is 0.138. The number of rotatable bonds is 2. The molecule has 0 aromatic heterocycles. The zero-order valence-electron chi connectivity index (χ0n) is 8.82. The van der Waals surface area contributed by atoms with E-state index in [1.165, 1.54) is 0 Å². The van der Waals surface area contributed by atoms with Gasteiger partial charge in [-0.05, 0) is 0 Å². The standard InChI is InChI=1S/C9H5ClN8/c10-9-17-7(5(1-11)2-12)16-8(18(9)15)6(3-13)4-14/h5-6,9H,15H2. The average Bonchev–Trinajstić information content (AvgIpc) is 2.37. The summed E-state index contributed by atoms with van der Waals surface area (Å²) in [5, 5.41) is 35.8. The lowest BCUT2D eigenvalue weighted by Gasteiger charge is -2.27. The highest BCUT2D eigenvalue weighted by molar-refractivity contribution is 6.23. The number of nitrogens with zero attached hydrogens (tertiary/aromatic N) is 7. The highest BCUT2D eigenvalue weighted by Crippen LogP contribution is 2.17. The first-order valence-electron chi connectivity index (χ1n) is 4.51. The maximum atomic E-state index is 8.77. The predicted molar refractivity (Wildman–Crippen MR) is 60.0 cm³/mol. The van der Waals surface area contributed by atoms with Gasteiger partial charge in [0, 0.05) is 0 Å². The normalized spacial score (nSPS) is 18.2. The van der Waals surface area contributed by atoms with E-state index in [0.29, 0.717) is 0 Å². The number of nitrogens with two attached hydrogens (primary N) is 1. The van der Waals surface area contributed by atoms with Gasteiger partial charge in [-0.15, -0.1) is 0 Å². The highest BCUT2D eigenvalue weighted by Gasteiger charge is 2.31. The molecule has 0 saturated heterocycles. The smallest absolute Gasteiger partial charge is 0.213 e. The Kier molecular flexibility index (Phi) is 4.18. The van der Waals surface area contributed by atoms with Gasteiger partial charge in [0.25, 0.3) is 0 Å². The van der Waals surface area contributed by atoms with Crippen LogP contribution in [-0.2, 0) is 0 Å². The molecule has 0 aromatic carbocycles. The Bertz CT molecular complexity index is 537. The van der Waals surface area contributed by atoms with Crippen molar-refractivity contribution in [1.82, 2.24) is 5.01 Å². The summed E-state index contributed by atoms with van der Waals surface area (Å²) in [4.78, 5) is 7.53. The van der Waals surface area contributed by atoms with Gasteiger partial charge in [-0.3, -0.25) is 5.01 Å². The van der Waals surface area contributed by atoms with Crippen LogP contribution in [0, 0.1) is 57.2 Å². The number of nitriles is 4. The van der Waals surface area contributed by atoms with E-state index in [-0.39, 0.29) is 11.7 Å². The van der Waals surface area contributed by atoms with Crippen molar-refractivity contribution >= 4 is 23.3 Å². The largest absolute Gasteiger partial charge is 0.257 e. The van der Waals surface area contributed by atoms with E-state index in [4.69, 9.17) is 38.5 Å². The van der Waals surface area contributed by atoms with Crippen LogP contribution in [0.3, 0.4) is 0 Å². The number of amidine groups is 2. The lowest BCUT2D eigenvalue weighted by molar-refractivity contribution is 0.397. The van der Waals surface area contributed by atoms with Gasteiger partial charge in [-0.2, -0.15) is 21.0 Å². The van der Waals surface area contributed by atoms with Crippen LogP contribution in [0.4, 0.5) is 0 Å². The van der Waals surface area contributed by atoms with Crippen molar-refractivity contribution in [2.75, 3.05) is 0 Å². The van der Waals surface area contributed by atoms with Crippen molar-refractivity contribution in [1.29, 1.82) is 21.0 Å². The van der Waals surface area contributed by atoms with Gasteiger partial charge < -0.3 is 0 Å². The van der Waals surface area contributed by atoms with Crippen LogP contribution in [0.2, 0.25) is 0 Å². The number of halogens is 1. The molecule has 0 bridgehead atoms. The average molecular weight is 261 g/mol. The van der Waals surface area contributed by atoms with E-state index >= 15 is 0 Å². The molecule has 0 radical (unpaired) electrons. The second-order valence-corrected chi connectivity index (χ2v) is 3.45. The summed E-state index contributed by atoms with van der Waals surface area (Å²) in [7, 11) is 0. The topological polar surface area (TPSA) is 149 Å².